The Kier molecular flexibility index (Phi) is 5.73. The Hall–Kier alpha value is -3.64. The fourth-order valence-electron chi connectivity index (χ4n) is 4.09. The molecule has 1 fully saturated rings. The van der Waals surface area contributed by atoms with Crippen molar-refractivity contribution >= 4 is 11.8 Å². The summed E-state index contributed by atoms with van der Waals surface area (Å²) in [6, 6.07) is 31.4. The minimum absolute atomic E-state index is 0.459. The second-order valence-electron chi connectivity index (χ2n) is 8.49. The van der Waals surface area contributed by atoms with E-state index in [0.717, 1.165) is 52.9 Å². The second kappa shape index (κ2) is 9.31. The van der Waals surface area contributed by atoms with Crippen LogP contribution in [0.3, 0.4) is 0 Å². The Morgan fingerprint density at radius 1 is 0.794 bits per heavy atom. The van der Waals surface area contributed by atoms with Crippen LogP contribution in [0.1, 0.15) is 36.1 Å². The summed E-state index contributed by atoms with van der Waals surface area (Å²) in [5, 5.41) is 9.46. The molecule has 0 unspecified atom stereocenters. The predicted molar refractivity (Wildman–Crippen MR) is 134 cm³/mol. The fraction of sp³-hybridized carbons (Fsp3) is 0.179. The third kappa shape index (κ3) is 4.41. The number of rotatable bonds is 8. The van der Waals surface area contributed by atoms with Crippen molar-refractivity contribution in [2.24, 2.45) is 0 Å². The SMILES string of the molecule is c1ccc(Cn2c(SCc3nnc(C4CC4)o3)nc(-c3ccccc3)c2-c2ccccc2)cc1. The second-order valence-corrected chi connectivity index (χ2v) is 9.43. The molecular weight excluding hydrogens is 440 g/mol. The van der Waals surface area contributed by atoms with E-state index in [2.05, 4.69) is 87.6 Å². The lowest BCUT2D eigenvalue weighted by atomic mass is 10.0. The van der Waals surface area contributed by atoms with Gasteiger partial charge in [-0.05, 0) is 18.4 Å². The van der Waals surface area contributed by atoms with Gasteiger partial charge < -0.3 is 8.98 Å². The molecule has 2 aromatic heterocycles. The van der Waals surface area contributed by atoms with Gasteiger partial charge in [-0.2, -0.15) is 0 Å². The van der Waals surface area contributed by atoms with Crippen molar-refractivity contribution in [2.45, 2.75) is 36.2 Å². The van der Waals surface area contributed by atoms with Gasteiger partial charge in [-0.3, -0.25) is 0 Å². The quantitative estimate of drug-likeness (QED) is 0.236. The first-order valence-electron chi connectivity index (χ1n) is 11.6. The van der Waals surface area contributed by atoms with Crippen molar-refractivity contribution in [1.82, 2.24) is 19.7 Å². The van der Waals surface area contributed by atoms with Crippen molar-refractivity contribution in [3.05, 3.63) is 108 Å². The summed E-state index contributed by atoms with van der Waals surface area (Å²) in [4.78, 5) is 5.16. The Morgan fingerprint density at radius 3 is 2.12 bits per heavy atom. The zero-order valence-corrected chi connectivity index (χ0v) is 19.5. The molecule has 6 rings (SSSR count). The zero-order chi connectivity index (χ0) is 22.7. The number of hydrogen-bond donors (Lipinski definition) is 0. The maximum absolute atomic E-state index is 5.91. The van der Waals surface area contributed by atoms with Crippen LogP contribution in [-0.4, -0.2) is 19.7 Å². The van der Waals surface area contributed by atoms with Crippen LogP contribution in [0.2, 0.25) is 0 Å². The lowest BCUT2D eigenvalue weighted by molar-refractivity contribution is 0.466. The first-order chi connectivity index (χ1) is 16.8. The normalized spacial score (nSPS) is 13.3. The smallest absolute Gasteiger partial charge is 0.226 e. The van der Waals surface area contributed by atoms with Gasteiger partial charge in [0.2, 0.25) is 11.8 Å². The van der Waals surface area contributed by atoms with Gasteiger partial charge in [0.1, 0.15) is 0 Å². The Balaban J connectivity index is 1.43. The minimum atomic E-state index is 0.459. The van der Waals surface area contributed by atoms with E-state index in [-0.39, 0.29) is 0 Å². The highest BCUT2D eigenvalue weighted by Gasteiger charge is 2.29. The molecule has 0 N–H and O–H groups in total. The van der Waals surface area contributed by atoms with Gasteiger partial charge in [0, 0.05) is 17.0 Å². The van der Waals surface area contributed by atoms with Crippen LogP contribution in [0, 0.1) is 0 Å². The number of thioether (sulfide) groups is 1. The van der Waals surface area contributed by atoms with Crippen LogP contribution in [0.4, 0.5) is 0 Å². The van der Waals surface area contributed by atoms with Crippen molar-refractivity contribution in [3.8, 4) is 22.5 Å². The van der Waals surface area contributed by atoms with E-state index in [4.69, 9.17) is 9.40 Å². The number of aromatic nitrogens is 4. The highest BCUT2D eigenvalue weighted by molar-refractivity contribution is 7.98. The summed E-state index contributed by atoms with van der Waals surface area (Å²) in [5.74, 6) is 2.48. The van der Waals surface area contributed by atoms with E-state index < -0.39 is 0 Å². The molecular formula is C28H24N4OS. The largest absolute Gasteiger partial charge is 0.424 e. The summed E-state index contributed by atoms with van der Waals surface area (Å²) >= 11 is 1.64. The number of hydrogen-bond acceptors (Lipinski definition) is 5. The van der Waals surface area contributed by atoms with Gasteiger partial charge in [-0.15, -0.1) is 10.2 Å². The minimum Gasteiger partial charge on any atom is -0.424 e. The standard InChI is InChI=1S/C28H24N4OS/c1-4-10-20(11-5-1)18-32-26(22-14-8-3-9-15-22)25(21-12-6-2-7-13-21)29-28(32)34-19-24-30-31-27(33-24)23-16-17-23/h1-15,23H,16-19H2. The van der Waals surface area contributed by atoms with Crippen LogP contribution in [0.25, 0.3) is 22.5 Å². The third-order valence-corrected chi connectivity index (χ3v) is 6.91. The first kappa shape index (κ1) is 20.9. The molecule has 0 bridgehead atoms. The molecule has 3 aromatic carbocycles. The van der Waals surface area contributed by atoms with Gasteiger partial charge in [0.25, 0.3) is 0 Å². The van der Waals surface area contributed by atoms with E-state index in [9.17, 15) is 0 Å². The summed E-state index contributed by atoms with van der Waals surface area (Å²) in [6.45, 7) is 0.727. The fourth-order valence-corrected chi connectivity index (χ4v) is 4.92. The average Bonchev–Trinajstić information content (AvgIpc) is 3.53. The monoisotopic (exact) mass is 464 g/mol. The molecule has 5 nitrogen and oxygen atoms in total. The molecule has 0 saturated heterocycles. The molecule has 1 aliphatic carbocycles. The summed E-state index contributed by atoms with van der Waals surface area (Å²) in [7, 11) is 0. The molecule has 1 aliphatic rings. The summed E-state index contributed by atoms with van der Waals surface area (Å²) in [5.41, 5.74) is 5.57. The highest BCUT2D eigenvalue weighted by Crippen LogP contribution is 2.40. The number of nitrogens with zero attached hydrogens (tertiary/aromatic N) is 4. The molecule has 0 atom stereocenters. The topological polar surface area (TPSA) is 56.7 Å². The van der Waals surface area contributed by atoms with Gasteiger partial charge in [0.15, 0.2) is 5.16 Å². The Bertz CT molecular complexity index is 1380. The van der Waals surface area contributed by atoms with E-state index in [1.807, 2.05) is 18.2 Å². The summed E-state index contributed by atoms with van der Waals surface area (Å²) in [6.07, 6.45) is 2.30. The molecule has 1 saturated carbocycles. The molecule has 168 valence electrons. The van der Waals surface area contributed by atoms with Crippen LogP contribution < -0.4 is 0 Å². The Morgan fingerprint density at radius 2 is 1.44 bits per heavy atom. The maximum atomic E-state index is 5.91. The Labute approximate surface area is 202 Å². The molecule has 2 heterocycles. The van der Waals surface area contributed by atoms with Crippen LogP contribution in [0.15, 0.2) is 101 Å². The van der Waals surface area contributed by atoms with E-state index in [1.54, 1.807) is 11.8 Å². The average molecular weight is 465 g/mol. The number of imidazole rings is 1. The lowest BCUT2D eigenvalue weighted by Gasteiger charge is -2.13. The zero-order valence-electron chi connectivity index (χ0n) is 18.7. The van der Waals surface area contributed by atoms with Gasteiger partial charge >= 0.3 is 0 Å². The molecule has 6 heteroatoms. The molecule has 0 amide bonds. The molecule has 0 spiro atoms. The summed E-state index contributed by atoms with van der Waals surface area (Å²) < 4.78 is 8.23. The van der Waals surface area contributed by atoms with Crippen molar-refractivity contribution < 1.29 is 4.42 Å². The van der Waals surface area contributed by atoms with Gasteiger partial charge in [-0.25, -0.2) is 4.98 Å². The molecule has 5 aromatic rings. The number of benzene rings is 3. The predicted octanol–water partition coefficient (Wildman–Crippen LogP) is 6.82. The van der Waals surface area contributed by atoms with Crippen molar-refractivity contribution in [3.63, 3.8) is 0 Å². The molecule has 34 heavy (non-hydrogen) atoms. The van der Waals surface area contributed by atoms with Crippen LogP contribution >= 0.6 is 11.8 Å². The maximum Gasteiger partial charge on any atom is 0.226 e. The van der Waals surface area contributed by atoms with E-state index >= 15 is 0 Å². The third-order valence-electron chi connectivity index (χ3n) is 5.94. The lowest BCUT2D eigenvalue weighted by Crippen LogP contribution is -2.04. The first-order valence-corrected chi connectivity index (χ1v) is 12.5. The van der Waals surface area contributed by atoms with Crippen LogP contribution in [-0.2, 0) is 12.3 Å². The van der Waals surface area contributed by atoms with Gasteiger partial charge in [-0.1, -0.05) is 103 Å². The van der Waals surface area contributed by atoms with E-state index in [1.165, 1.54) is 5.56 Å². The van der Waals surface area contributed by atoms with Crippen molar-refractivity contribution in [2.75, 3.05) is 0 Å². The van der Waals surface area contributed by atoms with E-state index in [0.29, 0.717) is 17.6 Å². The highest BCUT2D eigenvalue weighted by atomic mass is 32.2. The molecule has 0 radical (unpaired) electrons. The van der Waals surface area contributed by atoms with Crippen molar-refractivity contribution in [1.29, 1.82) is 0 Å². The van der Waals surface area contributed by atoms with Gasteiger partial charge in [0.05, 0.1) is 23.7 Å². The van der Waals surface area contributed by atoms with Crippen LogP contribution in [0.5, 0.6) is 0 Å². The molecule has 0 aliphatic heterocycles.